The molecule has 0 aliphatic carbocycles. The van der Waals surface area contributed by atoms with Gasteiger partial charge in [0, 0.05) is 56.9 Å². The lowest BCUT2D eigenvalue weighted by atomic mass is 9.97. The molecular formula is C26H39FN8O2. The summed E-state index contributed by atoms with van der Waals surface area (Å²) in [6.07, 6.45) is 4.00. The third-order valence-electron chi connectivity index (χ3n) is 8.24. The summed E-state index contributed by atoms with van der Waals surface area (Å²) < 4.78 is 19.9. The van der Waals surface area contributed by atoms with Crippen LogP contribution in [-0.4, -0.2) is 85.8 Å². The summed E-state index contributed by atoms with van der Waals surface area (Å²) in [5.74, 6) is 1.25. The number of anilines is 2. The van der Waals surface area contributed by atoms with E-state index >= 15 is 0 Å². The van der Waals surface area contributed by atoms with Crippen molar-refractivity contribution in [1.82, 2.24) is 34.9 Å². The molecule has 0 aromatic carbocycles. The third kappa shape index (κ3) is 4.90. The summed E-state index contributed by atoms with van der Waals surface area (Å²) in [5.41, 5.74) is 1.13. The van der Waals surface area contributed by atoms with Crippen LogP contribution in [0.5, 0.6) is 0 Å². The number of rotatable bonds is 5. The van der Waals surface area contributed by atoms with E-state index in [9.17, 15) is 9.18 Å². The molecular weight excluding hydrogens is 475 g/mol. The molecule has 2 aromatic heterocycles. The number of aryl methyl sites for hydroxylation is 1. The number of urea groups is 1. The lowest BCUT2D eigenvalue weighted by Crippen LogP contribution is -2.62. The molecule has 5 rings (SSSR count). The van der Waals surface area contributed by atoms with Gasteiger partial charge in [-0.15, -0.1) is 0 Å². The molecule has 10 nitrogen and oxygen atoms in total. The Morgan fingerprint density at radius 2 is 1.97 bits per heavy atom. The number of nitrogens with zero attached hydrogens (tertiary/aromatic N) is 6. The van der Waals surface area contributed by atoms with E-state index in [1.807, 2.05) is 30.6 Å². The first kappa shape index (κ1) is 25.8. The maximum Gasteiger partial charge on any atom is 0.321 e. The Morgan fingerprint density at radius 1 is 1.22 bits per heavy atom. The Morgan fingerprint density at radius 3 is 2.70 bits per heavy atom. The smallest absolute Gasteiger partial charge is 0.321 e. The highest BCUT2D eigenvalue weighted by Crippen LogP contribution is 2.42. The molecule has 0 unspecified atom stereocenters. The zero-order valence-electron chi connectivity index (χ0n) is 22.6. The maximum atomic E-state index is 14.4. The van der Waals surface area contributed by atoms with Crippen LogP contribution >= 0.6 is 0 Å². The molecule has 5 heterocycles. The molecule has 2 saturated heterocycles. The van der Waals surface area contributed by atoms with Crippen LogP contribution in [0.2, 0.25) is 0 Å². The van der Waals surface area contributed by atoms with Crippen LogP contribution in [0.1, 0.15) is 64.5 Å². The second-order valence-corrected chi connectivity index (χ2v) is 11.2. The average molecular weight is 515 g/mol. The standard InChI is InChI=1S/C26H39FN8O2/c1-6-21-28-11-20(27)24(29-21)30-23-19-15-35(26(4,5)22(19)31-32-23)25(36)34-13-16(2)33(12-17(34)3)14-18-7-9-37-10-8-18/h11,16-18H,6-10,12-15H2,1-5H3,(H2,28,29,30,31,32)/t16-,17+/m1/s1. The third-order valence-corrected chi connectivity index (χ3v) is 8.24. The van der Waals surface area contributed by atoms with E-state index < -0.39 is 11.4 Å². The van der Waals surface area contributed by atoms with Crippen molar-refractivity contribution in [2.24, 2.45) is 5.92 Å². The van der Waals surface area contributed by atoms with Gasteiger partial charge >= 0.3 is 6.03 Å². The predicted molar refractivity (Wildman–Crippen MR) is 138 cm³/mol. The van der Waals surface area contributed by atoms with Gasteiger partial charge in [0.1, 0.15) is 5.82 Å². The first-order valence-corrected chi connectivity index (χ1v) is 13.4. The van der Waals surface area contributed by atoms with Crippen LogP contribution in [0.15, 0.2) is 6.20 Å². The summed E-state index contributed by atoms with van der Waals surface area (Å²) in [5, 5.41) is 10.5. The molecule has 3 aliphatic rings. The van der Waals surface area contributed by atoms with Crippen molar-refractivity contribution in [3.8, 4) is 0 Å². The van der Waals surface area contributed by atoms with Crippen molar-refractivity contribution in [2.75, 3.05) is 38.2 Å². The number of ether oxygens (including phenoxy) is 1. The summed E-state index contributed by atoms with van der Waals surface area (Å²) in [6, 6.07) is 0.419. The number of H-pyrrole nitrogens is 1. The van der Waals surface area contributed by atoms with Crippen molar-refractivity contribution in [2.45, 2.75) is 78.0 Å². The fourth-order valence-electron chi connectivity index (χ4n) is 5.83. The fraction of sp³-hybridized carbons (Fsp3) is 0.692. The Balaban J connectivity index is 1.29. The number of aromatic nitrogens is 4. The largest absolute Gasteiger partial charge is 0.381 e. The first-order chi connectivity index (χ1) is 17.7. The lowest BCUT2D eigenvalue weighted by Gasteiger charge is -2.47. The Labute approximate surface area is 218 Å². The van der Waals surface area contributed by atoms with Crippen molar-refractivity contribution in [1.29, 1.82) is 0 Å². The van der Waals surface area contributed by atoms with Crippen molar-refractivity contribution in [3.63, 3.8) is 0 Å². The van der Waals surface area contributed by atoms with Crippen LogP contribution in [-0.2, 0) is 23.2 Å². The van der Waals surface area contributed by atoms with Gasteiger partial charge in [0.2, 0.25) is 0 Å². The minimum absolute atomic E-state index is 0.0205. The molecule has 0 radical (unpaired) electrons. The highest BCUT2D eigenvalue weighted by atomic mass is 19.1. The van der Waals surface area contributed by atoms with Crippen molar-refractivity contribution in [3.05, 3.63) is 29.1 Å². The van der Waals surface area contributed by atoms with E-state index in [-0.39, 0.29) is 17.9 Å². The number of carbonyl (C=O) groups is 1. The van der Waals surface area contributed by atoms with Crippen LogP contribution in [0.3, 0.4) is 0 Å². The Bertz CT molecular complexity index is 1130. The first-order valence-electron chi connectivity index (χ1n) is 13.4. The fourth-order valence-corrected chi connectivity index (χ4v) is 5.83. The molecule has 0 spiro atoms. The zero-order chi connectivity index (χ0) is 26.3. The van der Waals surface area contributed by atoms with Crippen molar-refractivity contribution < 1.29 is 13.9 Å². The Hall–Kier alpha value is -2.79. The topological polar surface area (TPSA) is 103 Å². The van der Waals surface area contributed by atoms with E-state index in [2.05, 4.69) is 44.2 Å². The molecule has 2 atom stereocenters. The lowest BCUT2D eigenvalue weighted by molar-refractivity contribution is 0.00882. The van der Waals surface area contributed by atoms with E-state index in [0.29, 0.717) is 43.1 Å². The molecule has 3 aliphatic heterocycles. The number of nitrogens with one attached hydrogen (secondary N) is 2. The maximum absolute atomic E-state index is 14.4. The molecule has 11 heteroatoms. The Kier molecular flexibility index (Phi) is 7.10. The quantitative estimate of drug-likeness (QED) is 0.628. The van der Waals surface area contributed by atoms with Gasteiger partial charge < -0.3 is 19.9 Å². The minimum atomic E-state index is -0.583. The number of aromatic amines is 1. The molecule has 0 bridgehead atoms. The van der Waals surface area contributed by atoms with Crippen molar-refractivity contribution >= 4 is 17.7 Å². The molecule has 2 fully saturated rings. The molecule has 0 saturated carbocycles. The highest BCUT2D eigenvalue weighted by molar-refractivity contribution is 5.78. The van der Waals surface area contributed by atoms with Crippen LogP contribution in [0, 0.1) is 11.7 Å². The number of amides is 2. The van der Waals surface area contributed by atoms with Gasteiger partial charge in [0.15, 0.2) is 17.5 Å². The SMILES string of the molecule is CCc1ncc(F)c(Nc2n[nH]c3c2CN(C(=O)N2C[C@@H](C)N(CC4CCOCC4)C[C@@H]2C)C3(C)C)n1. The summed E-state index contributed by atoms with van der Waals surface area (Å²) in [6.45, 7) is 15.0. The highest BCUT2D eigenvalue weighted by Gasteiger charge is 2.47. The van der Waals surface area contributed by atoms with E-state index in [1.54, 1.807) is 0 Å². The second kappa shape index (κ2) is 10.2. The van der Waals surface area contributed by atoms with E-state index in [1.165, 1.54) is 6.20 Å². The number of hydrogen-bond acceptors (Lipinski definition) is 7. The summed E-state index contributed by atoms with van der Waals surface area (Å²) >= 11 is 0. The summed E-state index contributed by atoms with van der Waals surface area (Å²) in [7, 11) is 0. The number of fused-ring (bicyclic) bond motifs is 1. The predicted octanol–water partition coefficient (Wildman–Crippen LogP) is 3.64. The minimum Gasteiger partial charge on any atom is -0.381 e. The zero-order valence-corrected chi connectivity index (χ0v) is 22.6. The van der Waals surface area contributed by atoms with Crippen LogP contribution in [0.25, 0.3) is 0 Å². The van der Waals surface area contributed by atoms with Gasteiger partial charge in [0.05, 0.1) is 24.0 Å². The van der Waals surface area contributed by atoms with Gasteiger partial charge in [-0.3, -0.25) is 10.00 Å². The molecule has 2 N–H and O–H groups in total. The van der Waals surface area contributed by atoms with Crippen LogP contribution < -0.4 is 5.32 Å². The number of halogens is 1. The molecule has 37 heavy (non-hydrogen) atoms. The average Bonchev–Trinajstić information content (AvgIpc) is 3.40. The second-order valence-electron chi connectivity index (χ2n) is 11.2. The summed E-state index contributed by atoms with van der Waals surface area (Å²) in [4.78, 5) is 28.6. The number of piperazine rings is 1. The monoisotopic (exact) mass is 514 g/mol. The van der Waals surface area contributed by atoms with Gasteiger partial charge in [-0.2, -0.15) is 5.10 Å². The van der Waals surface area contributed by atoms with Gasteiger partial charge in [0.25, 0.3) is 0 Å². The normalized spacial score (nSPS) is 24.4. The molecule has 2 amide bonds. The molecule has 202 valence electrons. The van der Waals surface area contributed by atoms with E-state index in [0.717, 1.165) is 50.4 Å². The van der Waals surface area contributed by atoms with Gasteiger partial charge in [-0.05, 0) is 46.5 Å². The van der Waals surface area contributed by atoms with Gasteiger partial charge in [-0.1, -0.05) is 6.92 Å². The number of carbonyl (C=O) groups excluding carboxylic acids is 1. The van der Waals surface area contributed by atoms with Gasteiger partial charge in [-0.25, -0.2) is 19.2 Å². The molecule has 2 aromatic rings. The van der Waals surface area contributed by atoms with Crippen LogP contribution in [0.4, 0.5) is 20.8 Å². The number of hydrogen-bond donors (Lipinski definition) is 2. The van der Waals surface area contributed by atoms with E-state index in [4.69, 9.17) is 4.74 Å².